The van der Waals surface area contributed by atoms with Crippen molar-refractivity contribution in [3.63, 3.8) is 0 Å². The molecule has 118 valence electrons. The van der Waals surface area contributed by atoms with Gasteiger partial charge < -0.3 is 10.1 Å². The van der Waals surface area contributed by atoms with Crippen molar-refractivity contribution in [2.24, 2.45) is 5.10 Å². The van der Waals surface area contributed by atoms with Gasteiger partial charge in [-0.1, -0.05) is 25.1 Å². The molecule has 2 aromatic rings. The van der Waals surface area contributed by atoms with E-state index < -0.39 is 0 Å². The quantitative estimate of drug-likeness (QED) is 0.933. The second-order valence-electron chi connectivity index (χ2n) is 5.39. The van der Waals surface area contributed by atoms with Crippen molar-refractivity contribution < 1.29 is 9.53 Å². The van der Waals surface area contributed by atoms with Gasteiger partial charge in [0.1, 0.15) is 12.1 Å². The topological polar surface area (TPSA) is 81.4 Å². The predicted octanol–water partition coefficient (Wildman–Crippen LogP) is 2.14. The summed E-state index contributed by atoms with van der Waals surface area (Å²) >= 11 is 1.67. The molecule has 1 N–H and O–H groups in total. The number of carbonyl (C=O) groups excluding carboxylic acids is 1. The van der Waals surface area contributed by atoms with Gasteiger partial charge in [-0.3, -0.25) is 4.79 Å². The van der Waals surface area contributed by atoms with Gasteiger partial charge in [-0.25, -0.2) is 0 Å². The van der Waals surface area contributed by atoms with Crippen LogP contribution in [0, 0.1) is 0 Å². The number of hydrogen-bond acceptors (Lipinski definition) is 6. The molecule has 2 aliphatic heterocycles. The van der Waals surface area contributed by atoms with Crippen molar-refractivity contribution in [3.8, 4) is 5.75 Å². The van der Waals surface area contributed by atoms with Crippen LogP contribution in [0.2, 0.25) is 0 Å². The lowest BCUT2D eigenvalue weighted by atomic mass is 10.0. The lowest BCUT2D eigenvalue weighted by molar-refractivity contribution is -0.118. The maximum atomic E-state index is 11.5. The number of ether oxygens (including phenoxy) is 1. The van der Waals surface area contributed by atoms with Crippen LogP contribution >= 0.6 is 11.8 Å². The van der Waals surface area contributed by atoms with E-state index in [9.17, 15) is 4.79 Å². The van der Waals surface area contributed by atoms with Crippen LogP contribution in [0.25, 0.3) is 0 Å². The van der Waals surface area contributed by atoms with Gasteiger partial charge in [-0.15, -0.1) is 10.2 Å². The second-order valence-corrected chi connectivity index (χ2v) is 6.56. The van der Waals surface area contributed by atoms with Crippen molar-refractivity contribution in [2.75, 3.05) is 11.9 Å². The minimum atomic E-state index is -0.138. The number of fused-ring (bicyclic) bond motifs is 2. The highest BCUT2D eigenvalue weighted by atomic mass is 32.2. The van der Waals surface area contributed by atoms with Gasteiger partial charge in [0.15, 0.2) is 6.61 Å². The van der Waals surface area contributed by atoms with E-state index in [-0.39, 0.29) is 17.8 Å². The number of carbonyl (C=O) groups is 1. The second kappa shape index (κ2) is 5.69. The SMILES string of the molecule is CCCC1Sc2nncn2N=C1c1ccc2c(c1)NC(=O)CO2. The summed E-state index contributed by atoms with van der Waals surface area (Å²) in [7, 11) is 0. The van der Waals surface area contributed by atoms with Gasteiger partial charge in [0.05, 0.1) is 16.6 Å². The Morgan fingerprint density at radius 3 is 3.26 bits per heavy atom. The zero-order valence-electron chi connectivity index (χ0n) is 12.5. The Labute approximate surface area is 137 Å². The van der Waals surface area contributed by atoms with Crippen LogP contribution in [0.3, 0.4) is 0 Å². The van der Waals surface area contributed by atoms with Gasteiger partial charge in [0.25, 0.3) is 5.91 Å². The summed E-state index contributed by atoms with van der Waals surface area (Å²) in [5.74, 6) is 0.551. The first kappa shape index (κ1) is 14.3. The number of nitrogens with zero attached hydrogens (tertiary/aromatic N) is 4. The van der Waals surface area contributed by atoms with Gasteiger partial charge in [-0.2, -0.15) is 9.78 Å². The van der Waals surface area contributed by atoms with Gasteiger partial charge in [0.2, 0.25) is 5.16 Å². The number of aromatic nitrogens is 3. The number of nitrogens with one attached hydrogen (secondary N) is 1. The average molecular weight is 329 g/mol. The zero-order chi connectivity index (χ0) is 15.8. The first-order valence-corrected chi connectivity index (χ1v) is 8.35. The molecule has 1 aromatic heterocycles. The first-order valence-electron chi connectivity index (χ1n) is 7.47. The van der Waals surface area contributed by atoms with E-state index in [1.165, 1.54) is 0 Å². The Kier molecular flexibility index (Phi) is 3.53. The molecule has 23 heavy (non-hydrogen) atoms. The molecular formula is C15H15N5O2S. The summed E-state index contributed by atoms with van der Waals surface area (Å²) in [6.07, 6.45) is 3.65. The predicted molar refractivity (Wildman–Crippen MR) is 87.1 cm³/mol. The van der Waals surface area contributed by atoms with Crippen LogP contribution in [-0.4, -0.2) is 38.3 Å². The normalized spacial score (nSPS) is 19.3. The fourth-order valence-corrected chi connectivity index (χ4v) is 3.87. The molecule has 0 radical (unpaired) electrons. The summed E-state index contributed by atoms with van der Waals surface area (Å²) in [6, 6.07) is 5.78. The Morgan fingerprint density at radius 1 is 1.48 bits per heavy atom. The summed E-state index contributed by atoms with van der Waals surface area (Å²) in [4.78, 5) is 11.5. The Morgan fingerprint density at radius 2 is 2.39 bits per heavy atom. The lowest BCUT2D eigenvalue weighted by Crippen LogP contribution is -2.27. The van der Waals surface area contributed by atoms with Crippen LogP contribution in [-0.2, 0) is 4.79 Å². The van der Waals surface area contributed by atoms with E-state index in [0.29, 0.717) is 11.4 Å². The average Bonchev–Trinajstić information content (AvgIpc) is 3.01. The molecule has 7 nitrogen and oxygen atoms in total. The summed E-state index contributed by atoms with van der Waals surface area (Å²) in [5, 5.41) is 16.5. The van der Waals surface area contributed by atoms with Gasteiger partial charge in [-0.05, 0) is 24.6 Å². The smallest absolute Gasteiger partial charge is 0.262 e. The molecule has 4 rings (SSSR count). The number of anilines is 1. The van der Waals surface area contributed by atoms with E-state index in [2.05, 4.69) is 27.5 Å². The van der Waals surface area contributed by atoms with Crippen molar-refractivity contribution in [2.45, 2.75) is 30.2 Å². The Hall–Kier alpha value is -2.35. The standard InChI is InChI=1S/C15H15N5O2S/c1-2-3-12-14(19-20-8-16-18-15(20)23-12)9-4-5-11-10(6-9)17-13(21)7-22-11/h4-6,8,12H,2-3,7H2,1H3,(H,17,21). The van der Waals surface area contributed by atoms with E-state index >= 15 is 0 Å². The summed E-state index contributed by atoms with van der Waals surface area (Å²) < 4.78 is 7.11. The molecule has 1 unspecified atom stereocenters. The molecule has 0 fully saturated rings. The number of thioether (sulfide) groups is 1. The van der Waals surface area contributed by atoms with E-state index in [1.54, 1.807) is 22.8 Å². The summed E-state index contributed by atoms with van der Waals surface area (Å²) in [5.41, 5.74) is 2.63. The lowest BCUT2D eigenvalue weighted by Gasteiger charge is -2.24. The monoisotopic (exact) mass is 329 g/mol. The Balaban J connectivity index is 1.75. The molecule has 1 aromatic carbocycles. The maximum Gasteiger partial charge on any atom is 0.262 e. The molecule has 3 heterocycles. The first-order chi connectivity index (χ1) is 11.2. The van der Waals surface area contributed by atoms with Gasteiger partial charge in [0, 0.05) is 5.56 Å². The fraction of sp³-hybridized carbons (Fsp3) is 0.333. The Bertz CT molecular complexity index is 801. The van der Waals surface area contributed by atoms with Crippen LogP contribution in [0.15, 0.2) is 34.8 Å². The minimum absolute atomic E-state index is 0.0612. The van der Waals surface area contributed by atoms with Crippen LogP contribution < -0.4 is 10.1 Å². The molecule has 0 saturated carbocycles. The number of rotatable bonds is 3. The summed E-state index contributed by atoms with van der Waals surface area (Å²) in [6.45, 7) is 2.21. The number of hydrogen-bond donors (Lipinski definition) is 1. The largest absolute Gasteiger partial charge is 0.482 e. The van der Waals surface area contributed by atoms with Crippen molar-refractivity contribution in [3.05, 3.63) is 30.1 Å². The molecule has 8 heteroatoms. The van der Waals surface area contributed by atoms with E-state index in [4.69, 9.17) is 4.74 Å². The van der Waals surface area contributed by atoms with Crippen LogP contribution in [0.4, 0.5) is 5.69 Å². The van der Waals surface area contributed by atoms with Crippen molar-refractivity contribution >= 4 is 29.1 Å². The third-order valence-corrected chi connectivity index (χ3v) is 4.95. The van der Waals surface area contributed by atoms with E-state index in [1.807, 2.05) is 18.2 Å². The van der Waals surface area contributed by atoms with Crippen LogP contribution in [0.5, 0.6) is 5.75 Å². The number of benzene rings is 1. The maximum absolute atomic E-state index is 11.5. The molecule has 0 bridgehead atoms. The third kappa shape index (κ3) is 2.59. The highest BCUT2D eigenvalue weighted by molar-refractivity contribution is 8.00. The molecule has 1 atom stereocenters. The highest BCUT2D eigenvalue weighted by Crippen LogP contribution is 2.34. The molecule has 1 amide bonds. The van der Waals surface area contributed by atoms with E-state index in [0.717, 1.165) is 29.3 Å². The fourth-order valence-electron chi connectivity index (χ4n) is 2.67. The third-order valence-electron chi connectivity index (χ3n) is 3.73. The van der Waals surface area contributed by atoms with Gasteiger partial charge >= 0.3 is 0 Å². The molecule has 0 spiro atoms. The van der Waals surface area contributed by atoms with Crippen LogP contribution in [0.1, 0.15) is 25.3 Å². The minimum Gasteiger partial charge on any atom is -0.482 e. The highest BCUT2D eigenvalue weighted by Gasteiger charge is 2.27. The molecule has 0 saturated heterocycles. The molecule has 0 aliphatic carbocycles. The molecule has 2 aliphatic rings. The van der Waals surface area contributed by atoms with Crippen molar-refractivity contribution in [1.29, 1.82) is 0 Å². The zero-order valence-corrected chi connectivity index (χ0v) is 13.3. The number of amides is 1. The molecular weight excluding hydrogens is 314 g/mol. The van der Waals surface area contributed by atoms with Crippen molar-refractivity contribution in [1.82, 2.24) is 14.9 Å².